The molecule has 114 valence electrons. The van der Waals surface area contributed by atoms with Crippen LogP contribution in [0.2, 0.25) is 0 Å². The Labute approximate surface area is 143 Å². The van der Waals surface area contributed by atoms with Crippen LogP contribution in [0.3, 0.4) is 0 Å². The van der Waals surface area contributed by atoms with Gasteiger partial charge in [-0.05, 0) is 65.1 Å². The van der Waals surface area contributed by atoms with Crippen LogP contribution in [-0.2, 0) is 0 Å². The number of nitrogens with one attached hydrogen (secondary N) is 1. The molecule has 0 atom stereocenters. The van der Waals surface area contributed by atoms with E-state index in [2.05, 4.69) is 34.5 Å². The molecule has 0 radical (unpaired) electrons. The lowest BCUT2D eigenvalue weighted by Crippen LogP contribution is -2.12. The van der Waals surface area contributed by atoms with Crippen LogP contribution >= 0.6 is 22.6 Å². The van der Waals surface area contributed by atoms with E-state index >= 15 is 0 Å². The molecule has 0 heterocycles. The first-order valence-corrected chi connectivity index (χ1v) is 7.70. The number of hydrogen-bond donors (Lipinski definition) is 1. The van der Waals surface area contributed by atoms with Gasteiger partial charge in [0, 0.05) is 11.3 Å². The molecule has 2 rings (SSSR count). The maximum atomic E-state index is 12.2. The average Bonchev–Trinajstić information content (AvgIpc) is 2.54. The van der Waals surface area contributed by atoms with Gasteiger partial charge in [0.15, 0.2) is 0 Å². The molecule has 0 saturated heterocycles. The topological polar surface area (TPSA) is 47.6 Å². The predicted octanol–water partition coefficient (Wildman–Crippen LogP) is 4.12. The first-order chi connectivity index (χ1) is 10.6. The molecule has 0 aliphatic carbocycles. The fraction of sp³-hybridized carbons (Fsp3) is 0.118. The van der Waals surface area contributed by atoms with Crippen molar-refractivity contribution < 1.29 is 14.3 Å². The number of methoxy groups -OCH3 is 1. The summed E-state index contributed by atoms with van der Waals surface area (Å²) < 4.78 is 11.5. The van der Waals surface area contributed by atoms with Gasteiger partial charge in [-0.25, -0.2) is 0 Å². The molecule has 5 heteroatoms. The number of amides is 1. The largest absolute Gasteiger partial charge is 0.496 e. The quantitative estimate of drug-likeness (QED) is 0.577. The van der Waals surface area contributed by atoms with Gasteiger partial charge in [-0.1, -0.05) is 12.7 Å². The van der Waals surface area contributed by atoms with Gasteiger partial charge >= 0.3 is 0 Å². The first-order valence-electron chi connectivity index (χ1n) is 6.62. The zero-order valence-corrected chi connectivity index (χ0v) is 14.3. The highest BCUT2D eigenvalue weighted by Gasteiger charge is 2.09. The Morgan fingerprint density at radius 2 is 2.00 bits per heavy atom. The van der Waals surface area contributed by atoms with Crippen molar-refractivity contribution in [2.45, 2.75) is 0 Å². The zero-order valence-electron chi connectivity index (χ0n) is 12.1. The Balaban J connectivity index is 2.05. The molecule has 1 N–H and O–H groups in total. The van der Waals surface area contributed by atoms with E-state index in [-0.39, 0.29) is 5.91 Å². The molecule has 4 nitrogen and oxygen atoms in total. The van der Waals surface area contributed by atoms with E-state index in [1.807, 2.05) is 0 Å². The lowest BCUT2D eigenvalue weighted by atomic mass is 10.2. The molecule has 0 unspecified atom stereocenters. The third-order valence-corrected chi connectivity index (χ3v) is 3.74. The molecular weight excluding hydrogens is 393 g/mol. The second-order valence-corrected chi connectivity index (χ2v) is 5.59. The van der Waals surface area contributed by atoms with Crippen LogP contribution in [-0.4, -0.2) is 19.6 Å². The molecule has 0 aliphatic heterocycles. The Bertz CT molecular complexity index is 668. The summed E-state index contributed by atoms with van der Waals surface area (Å²) in [5, 5.41) is 2.85. The number of benzene rings is 2. The van der Waals surface area contributed by atoms with Gasteiger partial charge in [0.05, 0.1) is 10.7 Å². The van der Waals surface area contributed by atoms with E-state index < -0.39 is 0 Å². The summed E-state index contributed by atoms with van der Waals surface area (Å²) in [4.78, 5) is 12.2. The van der Waals surface area contributed by atoms with Crippen molar-refractivity contribution in [1.29, 1.82) is 0 Å². The van der Waals surface area contributed by atoms with E-state index in [0.717, 1.165) is 15.1 Å². The minimum atomic E-state index is -0.166. The molecule has 0 spiro atoms. The molecule has 0 bridgehead atoms. The molecule has 2 aromatic carbocycles. The van der Waals surface area contributed by atoms with Crippen LogP contribution in [0.4, 0.5) is 5.69 Å². The minimum absolute atomic E-state index is 0.166. The van der Waals surface area contributed by atoms with Gasteiger partial charge < -0.3 is 14.8 Å². The Kier molecular flexibility index (Phi) is 5.83. The monoisotopic (exact) mass is 409 g/mol. The third-order valence-electron chi connectivity index (χ3n) is 2.89. The van der Waals surface area contributed by atoms with Crippen molar-refractivity contribution in [3.8, 4) is 11.5 Å². The van der Waals surface area contributed by atoms with Gasteiger partial charge in [0.2, 0.25) is 0 Å². The number of ether oxygens (including phenoxy) is 2. The number of carbonyl (C=O) groups is 1. The number of carbonyl (C=O) groups excluding carboxylic acids is 1. The Morgan fingerprint density at radius 1 is 1.27 bits per heavy atom. The van der Waals surface area contributed by atoms with E-state index in [0.29, 0.717) is 17.9 Å². The summed E-state index contributed by atoms with van der Waals surface area (Å²) >= 11 is 2.14. The minimum Gasteiger partial charge on any atom is -0.496 e. The Morgan fingerprint density at radius 3 is 2.59 bits per heavy atom. The smallest absolute Gasteiger partial charge is 0.255 e. The number of rotatable bonds is 6. The van der Waals surface area contributed by atoms with Crippen LogP contribution in [0.15, 0.2) is 55.1 Å². The fourth-order valence-electron chi connectivity index (χ4n) is 1.80. The molecule has 1 amide bonds. The molecule has 0 aromatic heterocycles. The normalized spacial score (nSPS) is 9.91. The highest BCUT2D eigenvalue weighted by atomic mass is 127. The van der Waals surface area contributed by atoms with E-state index in [9.17, 15) is 4.79 Å². The summed E-state index contributed by atoms with van der Waals surface area (Å²) in [6.07, 6.45) is 1.68. The van der Waals surface area contributed by atoms with Gasteiger partial charge in [0.1, 0.15) is 18.1 Å². The van der Waals surface area contributed by atoms with Gasteiger partial charge in [-0.3, -0.25) is 4.79 Å². The standard InChI is InChI=1S/C17H16INO3/c1-3-10-22-14-7-5-13(6-8-14)19-17(20)12-4-9-16(21-2)15(18)11-12/h3-9,11H,1,10H2,2H3,(H,19,20). The maximum absolute atomic E-state index is 12.2. The van der Waals surface area contributed by atoms with E-state index in [4.69, 9.17) is 9.47 Å². The summed E-state index contributed by atoms with van der Waals surface area (Å²) in [6.45, 7) is 4.05. The zero-order chi connectivity index (χ0) is 15.9. The Hall–Kier alpha value is -2.02. The third kappa shape index (κ3) is 4.24. The summed E-state index contributed by atoms with van der Waals surface area (Å²) in [6, 6.07) is 12.5. The second-order valence-electron chi connectivity index (χ2n) is 4.43. The van der Waals surface area contributed by atoms with Crippen molar-refractivity contribution in [1.82, 2.24) is 0 Å². The second kappa shape index (κ2) is 7.84. The van der Waals surface area contributed by atoms with E-state index in [1.54, 1.807) is 55.7 Å². The number of anilines is 1. The maximum Gasteiger partial charge on any atom is 0.255 e. The van der Waals surface area contributed by atoms with Crippen molar-refractivity contribution in [3.63, 3.8) is 0 Å². The van der Waals surface area contributed by atoms with Crippen LogP contribution in [0.5, 0.6) is 11.5 Å². The van der Waals surface area contributed by atoms with Crippen molar-refractivity contribution in [2.24, 2.45) is 0 Å². The van der Waals surface area contributed by atoms with Crippen LogP contribution in [0, 0.1) is 3.57 Å². The number of halogens is 1. The van der Waals surface area contributed by atoms with Gasteiger partial charge in [0.25, 0.3) is 5.91 Å². The lowest BCUT2D eigenvalue weighted by molar-refractivity contribution is 0.102. The highest BCUT2D eigenvalue weighted by molar-refractivity contribution is 14.1. The highest BCUT2D eigenvalue weighted by Crippen LogP contribution is 2.22. The SMILES string of the molecule is C=CCOc1ccc(NC(=O)c2ccc(OC)c(I)c2)cc1. The summed E-state index contributed by atoms with van der Waals surface area (Å²) in [5.74, 6) is 1.32. The molecule has 22 heavy (non-hydrogen) atoms. The molecule has 0 fully saturated rings. The van der Waals surface area contributed by atoms with Crippen LogP contribution in [0.1, 0.15) is 10.4 Å². The number of hydrogen-bond acceptors (Lipinski definition) is 3. The average molecular weight is 409 g/mol. The first kappa shape index (κ1) is 16.4. The molecule has 0 aliphatic rings. The van der Waals surface area contributed by atoms with Crippen molar-refractivity contribution >= 4 is 34.2 Å². The molecule has 0 saturated carbocycles. The van der Waals surface area contributed by atoms with Gasteiger partial charge in [-0.15, -0.1) is 0 Å². The molecule has 2 aromatic rings. The fourth-order valence-corrected chi connectivity index (χ4v) is 2.54. The van der Waals surface area contributed by atoms with Crippen LogP contribution in [0.25, 0.3) is 0 Å². The lowest BCUT2D eigenvalue weighted by Gasteiger charge is -2.09. The summed E-state index contributed by atoms with van der Waals surface area (Å²) in [7, 11) is 1.60. The summed E-state index contributed by atoms with van der Waals surface area (Å²) in [5.41, 5.74) is 1.29. The van der Waals surface area contributed by atoms with Crippen molar-refractivity contribution in [3.05, 3.63) is 64.3 Å². The van der Waals surface area contributed by atoms with Crippen molar-refractivity contribution in [2.75, 3.05) is 19.0 Å². The molecular formula is C17H16INO3. The van der Waals surface area contributed by atoms with E-state index in [1.165, 1.54) is 0 Å². The van der Waals surface area contributed by atoms with Gasteiger partial charge in [-0.2, -0.15) is 0 Å². The van der Waals surface area contributed by atoms with Crippen LogP contribution < -0.4 is 14.8 Å². The predicted molar refractivity (Wildman–Crippen MR) is 95.8 cm³/mol.